The summed E-state index contributed by atoms with van der Waals surface area (Å²) in [6.45, 7) is 4.77. The van der Waals surface area contributed by atoms with E-state index >= 15 is 0 Å². The zero-order valence-electron chi connectivity index (χ0n) is 17.8. The highest BCUT2D eigenvalue weighted by atomic mass is 35.5. The van der Waals surface area contributed by atoms with E-state index in [2.05, 4.69) is 45.5 Å². The van der Waals surface area contributed by atoms with Crippen molar-refractivity contribution in [2.75, 3.05) is 38.0 Å². The lowest BCUT2D eigenvalue weighted by Crippen LogP contribution is -2.48. The highest BCUT2D eigenvalue weighted by molar-refractivity contribution is 6.33. The van der Waals surface area contributed by atoms with Gasteiger partial charge in [0.2, 0.25) is 5.91 Å². The summed E-state index contributed by atoms with van der Waals surface area (Å²) in [6, 6.07) is 25.6. The van der Waals surface area contributed by atoms with E-state index in [1.54, 1.807) is 6.07 Å². The van der Waals surface area contributed by atoms with Gasteiger partial charge in [0.15, 0.2) is 0 Å². The van der Waals surface area contributed by atoms with E-state index in [4.69, 9.17) is 11.6 Å². The third-order valence-electron chi connectivity index (χ3n) is 5.70. The average Bonchev–Trinajstić information content (AvgIpc) is 2.82. The normalized spacial score (nSPS) is 14.6. The fraction of sp³-hybridized carbons (Fsp3) is 0.231. The minimum atomic E-state index is -0.0419. The van der Waals surface area contributed by atoms with Crippen LogP contribution in [0.2, 0.25) is 5.02 Å². The zero-order valence-corrected chi connectivity index (χ0v) is 18.6. The van der Waals surface area contributed by atoms with Gasteiger partial charge >= 0.3 is 0 Å². The highest BCUT2D eigenvalue weighted by Gasteiger charge is 2.19. The molecule has 32 heavy (non-hydrogen) atoms. The van der Waals surface area contributed by atoms with Crippen LogP contribution < -0.4 is 5.32 Å². The Morgan fingerprint density at radius 2 is 1.56 bits per heavy atom. The lowest BCUT2D eigenvalue weighted by Gasteiger charge is -2.34. The van der Waals surface area contributed by atoms with Crippen molar-refractivity contribution in [2.45, 2.75) is 6.54 Å². The van der Waals surface area contributed by atoms with E-state index in [9.17, 15) is 10.1 Å². The first-order chi connectivity index (χ1) is 15.6. The first-order valence-corrected chi connectivity index (χ1v) is 11.1. The van der Waals surface area contributed by atoms with Gasteiger partial charge in [0.1, 0.15) is 0 Å². The lowest BCUT2D eigenvalue weighted by molar-refractivity contribution is -0.117. The van der Waals surface area contributed by atoms with Crippen molar-refractivity contribution in [3.63, 3.8) is 0 Å². The number of nitrogens with one attached hydrogen (secondary N) is 1. The van der Waals surface area contributed by atoms with Crippen LogP contribution in [-0.2, 0) is 11.3 Å². The minimum Gasteiger partial charge on any atom is -0.324 e. The van der Waals surface area contributed by atoms with Gasteiger partial charge in [-0.2, -0.15) is 5.26 Å². The van der Waals surface area contributed by atoms with E-state index in [0.29, 0.717) is 22.8 Å². The molecular formula is C26H25ClN4O. The second kappa shape index (κ2) is 10.4. The molecule has 0 aromatic heterocycles. The molecule has 0 aliphatic carbocycles. The zero-order chi connectivity index (χ0) is 22.3. The van der Waals surface area contributed by atoms with Gasteiger partial charge in [-0.1, -0.05) is 66.2 Å². The van der Waals surface area contributed by atoms with Crippen LogP contribution in [0, 0.1) is 11.3 Å². The number of carbonyl (C=O) groups is 1. The van der Waals surface area contributed by atoms with E-state index in [1.807, 2.05) is 42.5 Å². The van der Waals surface area contributed by atoms with Gasteiger partial charge in [-0.15, -0.1) is 0 Å². The number of hydrogen-bond acceptors (Lipinski definition) is 4. The van der Waals surface area contributed by atoms with Crippen LogP contribution in [0.4, 0.5) is 5.69 Å². The van der Waals surface area contributed by atoms with Gasteiger partial charge < -0.3 is 5.32 Å². The molecule has 3 aromatic rings. The largest absolute Gasteiger partial charge is 0.324 e. The standard InChI is InChI=1S/C26H25ClN4O/c27-24-7-3-4-8-25(24)29-26(32)19-31-15-13-30(14-16-31)18-20-9-11-21(12-10-20)23-6-2-1-5-22(23)17-28/h1-12H,13-16,18-19H2,(H,29,32). The van der Waals surface area contributed by atoms with Crippen LogP contribution in [0.15, 0.2) is 72.8 Å². The van der Waals surface area contributed by atoms with Gasteiger partial charge in [0, 0.05) is 32.7 Å². The van der Waals surface area contributed by atoms with E-state index in [1.165, 1.54) is 5.56 Å². The molecule has 1 N–H and O–H groups in total. The number of nitrogens with zero attached hydrogens (tertiary/aromatic N) is 3. The third kappa shape index (κ3) is 5.54. The Kier molecular flexibility index (Phi) is 7.18. The maximum atomic E-state index is 12.4. The molecule has 0 radical (unpaired) electrons. The van der Waals surface area contributed by atoms with Crippen molar-refractivity contribution >= 4 is 23.2 Å². The molecule has 1 aliphatic heterocycles. The summed E-state index contributed by atoms with van der Waals surface area (Å²) >= 11 is 6.12. The van der Waals surface area contributed by atoms with Gasteiger partial charge in [-0.25, -0.2) is 0 Å². The molecule has 5 nitrogen and oxygen atoms in total. The van der Waals surface area contributed by atoms with Crippen molar-refractivity contribution in [2.24, 2.45) is 0 Å². The van der Waals surface area contributed by atoms with E-state index in [-0.39, 0.29) is 5.91 Å². The number of rotatable bonds is 6. The summed E-state index contributed by atoms with van der Waals surface area (Å²) in [5.41, 5.74) is 4.60. The Bertz CT molecular complexity index is 1120. The Morgan fingerprint density at radius 3 is 2.28 bits per heavy atom. The molecule has 1 aliphatic rings. The van der Waals surface area contributed by atoms with Crippen molar-refractivity contribution in [3.8, 4) is 17.2 Å². The summed E-state index contributed by atoms with van der Waals surface area (Å²) in [7, 11) is 0. The fourth-order valence-electron chi connectivity index (χ4n) is 3.94. The molecule has 1 amide bonds. The summed E-state index contributed by atoms with van der Waals surface area (Å²) in [5.74, 6) is -0.0419. The third-order valence-corrected chi connectivity index (χ3v) is 6.03. The van der Waals surface area contributed by atoms with Crippen molar-refractivity contribution in [1.29, 1.82) is 5.26 Å². The van der Waals surface area contributed by atoms with Gasteiger partial charge in [0.05, 0.1) is 28.9 Å². The van der Waals surface area contributed by atoms with Gasteiger partial charge in [0.25, 0.3) is 0 Å². The number of amides is 1. The van der Waals surface area contributed by atoms with Gasteiger partial charge in [-0.05, 0) is 34.9 Å². The van der Waals surface area contributed by atoms with Crippen LogP contribution in [0.25, 0.3) is 11.1 Å². The lowest BCUT2D eigenvalue weighted by atomic mass is 9.99. The van der Waals surface area contributed by atoms with Crippen LogP contribution in [0.3, 0.4) is 0 Å². The smallest absolute Gasteiger partial charge is 0.238 e. The molecule has 1 fully saturated rings. The molecule has 0 spiro atoms. The first kappa shape index (κ1) is 22.0. The minimum absolute atomic E-state index is 0.0419. The molecular weight excluding hydrogens is 420 g/mol. The van der Waals surface area contributed by atoms with E-state index < -0.39 is 0 Å². The van der Waals surface area contributed by atoms with Crippen molar-refractivity contribution in [3.05, 3.63) is 88.9 Å². The molecule has 6 heteroatoms. The number of para-hydroxylation sites is 1. The number of anilines is 1. The average molecular weight is 445 g/mol. The number of hydrogen-bond donors (Lipinski definition) is 1. The molecule has 0 saturated carbocycles. The van der Waals surface area contributed by atoms with Crippen LogP contribution in [0.1, 0.15) is 11.1 Å². The number of nitriles is 1. The summed E-state index contributed by atoms with van der Waals surface area (Å²) in [6.07, 6.45) is 0. The van der Waals surface area contributed by atoms with Gasteiger partial charge in [-0.3, -0.25) is 14.6 Å². The molecule has 0 bridgehead atoms. The number of piperazine rings is 1. The van der Waals surface area contributed by atoms with Crippen molar-refractivity contribution < 1.29 is 4.79 Å². The fourth-order valence-corrected chi connectivity index (χ4v) is 4.12. The molecule has 4 rings (SSSR count). The van der Waals surface area contributed by atoms with Crippen LogP contribution in [-0.4, -0.2) is 48.4 Å². The quantitative estimate of drug-likeness (QED) is 0.602. The molecule has 3 aromatic carbocycles. The first-order valence-electron chi connectivity index (χ1n) is 10.7. The Labute approximate surface area is 193 Å². The maximum absolute atomic E-state index is 12.4. The Morgan fingerprint density at radius 1 is 0.906 bits per heavy atom. The topological polar surface area (TPSA) is 59.4 Å². The summed E-state index contributed by atoms with van der Waals surface area (Å²) in [5, 5.41) is 12.8. The SMILES string of the molecule is N#Cc1ccccc1-c1ccc(CN2CCN(CC(=O)Nc3ccccc3Cl)CC2)cc1. The Balaban J connectivity index is 1.26. The van der Waals surface area contributed by atoms with Crippen LogP contribution >= 0.6 is 11.6 Å². The number of benzene rings is 3. The molecule has 1 saturated heterocycles. The van der Waals surface area contributed by atoms with E-state index in [0.717, 1.165) is 43.9 Å². The van der Waals surface area contributed by atoms with Crippen LogP contribution in [0.5, 0.6) is 0 Å². The predicted molar refractivity (Wildman–Crippen MR) is 128 cm³/mol. The highest BCUT2D eigenvalue weighted by Crippen LogP contribution is 2.24. The molecule has 0 atom stereocenters. The second-order valence-corrected chi connectivity index (χ2v) is 8.34. The molecule has 1 heterocycles. The summed E-state index contributed by atoms with van der Waals surface area (Å²) < 4.78 is 0. The number of carbonyl (C=O) groups excluding carboxylic acids is 1. The Hall–Kier alpha value is -3.17. The predicted octanol–water partition coefficient (Wildman–Crippen LogP) is 4.63. The molecule has 162 valence electrons. The second-order valence-electron chi connectivity index (χ2n) is 7.93. The monoisotopic (exact) mass is 444 g/mol. The molecule has 0 unspecified atom stereocenters. The summed E-state index contributed by atoms with van der Waals surface area (Å²) in [4.78, 5) is 16.9. The number of halogens is 1. The van der Waals surface area contributed by atoms with Crippen molar-refractivity contribution in [1.82, 2.24) is 9.80 Å². The maximum Gasteiger partial charge on any atom is 0.238 e.